The molecule has 9 heavy (non-hydrogen) atoms. The molecule has 0 aliphatic heterocycles. The van der Waals surface area contributed by atoms with Crippen LogP contribution >= 0.6 is 11.6 Å². The molecule has 0 saturated heterocycles. The Balaban J connectivity index is 0. The lowest BCUT2D eigenvalue weighted by atomic mass is 10.3. The van der Waals surface area contributed by atoms with E-state index in [-0.39, 0.29) is 6.47 Å². The van der Waals surface area contributed by atoms with Crippen LogP contribution in [0.2, 0.25) is 0 Å². The first-order chi connectivity index (χ1) is 4.33. The van der Waals surface area contributed by atoms with Crippen LogP contribution in [0.5, 0.6) is 0 Å². The fourth-order valence-corrected chi connectivity index (χ4v) is 0.533. The highest BCUT2D eigenvalue weighted by molar-refractivity contribution is 6.17. The van der Waals surface area contributed by atoms with Crippen molar-refractivity contribution >= 4 is 18.1 Å². The van der Waals surface area contributed by atoms with Crippen LogP contribution in [0.25, 0.3) is 0 Å². The van der Waals surface area contributed by atoms with Gasteiger partial charge in [-0.15, -0.1) is 11.6 Å². The highest BCUT2D eigenvalue weighted by Crippen LogP contribution is 1.93. The van der Waals surface area contributed by atoms with Gasteiger partial charge in [-0.3, -0.25) is 4.79 Å². The highest BCUT2D eigenvalue weighted by Gasteiger charge is 1.76. The number of carbonyl (C=O) groups is 1. The third kappa shape index (κ3) is 33.8. The summed E-state index contributed by atoms with van der Waals surface area (Å²) in [6.07, 6.45) is 3.73. The Morgan fingerprint density at radius 1 is 1.56 bits per heavy atom. The topological polar surface area (TPSA) is 37.3 Å². The molecule has 0 spiro atoms. The Bertz CT molecular complexity index is 44.3. The average molecular weight is 153 g/mol. The van der Waals surface area contributed by atoms with Gasteiger partial charge in [0.2, 0.25) is 0 Å². The van der Waals surface area contributed by atoms with E-state index in [2.05, 4.69) is 6.92 Å². The predicted molar refractivity (Wildman–Crippen MR) is 38.9 cm³/mol. The number of hydrogen-bond donors (Lipinski definition) is 1. The van der Waals surface area contributed by atoms with Crippen molar-refractivity contribution < 1.29 is 9.90 Å². The molecule has 56 valence electrons. The Morgan fingerprint density at radius 2 is 2.00 bits per heavy atom. The summed E-state index contributed by atoms with van der Waals surface area (Å²) in [6.45, 7) is 1.92. The number of unbranched alkanes of at least 4 members (excludes halogenated alkanes) is 2. The minimum Gasteiger partial charge on any atom is -0.483 e. The molecule has 3 heteroatoms. The summed E-state index contributed by atoms with van der Waals surface area (Å²) in [7, 11) is 0. The molecule has 0 radical (unpaired) electrons. The lowest BCUT2D eigenvalue weighted by Gasteiger charge is -1.84. The minimum absolute atomic E-state index is 0.250. The first-order valence-corrected chi connectivity index (χ1v) is 3.50. The molecule has 0 aromatic carbocycles. The summed E-state index contributed by atoms with van der Waals surface area (Å²) < 4.78 is 0. The van der Waals surface area contributed by atoms with Crippen molar-refractivity contribution in [1.29, 1.82) is 0 Å². The summed E-state index contributed by atoms with van der Waals surface area (Å²) in [5.41, 5.74) is 0. The second-order valence-electron chi connectivity index (χ2n) is 1.50. The molecular weight excluding hydrogens is 140 g/mol. The number of rotatable bonds is 3. The Labute approximate surface area is 60.8 Å². The molecule has 0 aromatic heterocycles. The number of halogens is 1. The molecule has 2 nitrogen and oxygen atoms in total. The molecule has 0 rings (SSSR count). The van der Waals surface area contributed by atoms with Crippen molar-refractivity contribution in [2.75, 3.05) is 5.88 Å². The highest BCUT2D eigenvalue weighted by atomic mass is 35.5. The summed E-state index contributed by atoms with van der Waals surface area (Å²) in [4.78, 5) is 8.36. The van der Waals surface area contributed by atoms with E-state index in [1.807, 2.05) is 0 Å². The fourth-order valence-electron chi connectivity index (χ4n) is 0.344. The fraction of sp³-hybridized carbons (Fsp3) is 0.833. The lowest BCUT2D eigenvalue weighted by Crippen LogP contribution is -1.70. The predicted octanol–water partition coefficient (Wildman–Crippen LogP) is 2.12. The molecule has 0 unspecified atom stereocenters. The van der Waals surface area contributed by atoms with Crippen molar-refractivity contribution in [3.8, 4) is 0 Å². The van der Waals surface area contributed by atoms with Crippen LogP contribution in [-0.4, -0.2) is 17.5 Å². The molecular formula is C6H13ClO2. The molecule has 0 aliphatic rings. The van der Waals surface area contributed by atoms with Gasteiger partial charge in [0.15, 0.2) is 0 Å². The standard InChI is InChI=1S/C5H11Cl.CH2O2/c1-2-3-4-5-6;2-1-3/h2-5H2,1H3;1H,(H,2,3). The van der Waals surface area contributed by atoms with Gasteiger partial charge in [-0.05, 0) is 6.42 Å². The number of hydrogen-bond acceptors (Lipinski definition) is 1. The number of alkyl halides is 1. The maximum atomic E-state index is 8.36. The second kappa shape index (κ2) is 15.7. The maximum absolute atomic E-state index is 8.36. The quantitative estimate of drug-likeness (QED) is 0.382. The number of carboxylic acid groups (broad SMARTS) is 1. The third-order valence-electron chi connectivity index (χ3n) is 0.737. The van der Waals surface area contributed by atoms with E-state index in [0.29, 0.717) is 0 Å². The maximum Gasteiger partial charge on any atom is 0.290 e. The van der Waals surface area contributed by atoms with Crippen molar-refractivity contribution in [3.63, 3.8) is 0 Å². The largest absolute Gasteiger partial charge is 0.483 e. The lowest BCUT2D eigenvalue weighted by molar-refractivity contribution is -0.122. The van der Waals surface area contributed by atoms with Gasteiger partial charge >= 0.3 is 0 Å². The van der Waals surface area contributed by atoms with Gasteiger partial charge in [0.25, 0.3) is 6.47 Å². The summed E-state index contributed by atoms with van der Waals surface area (Å²) >= 11 is 5.38. The zero-order valence-corrected chi connectivity index (χ0v) is 6.40. The van der Waals surface area contributed by atoms with Gasteiger partial charge in [-0.25, -0.2) is 0 Å². The van der Waals surface area contributed by atoms with E-state index in [9.17, 15) is 0 Å². The van der Waals surface area contributed by atoms with E-state index in [4.69, 9.17) is 21.5 Å². The van der Waals surface area contributed by atoms with Gasteiger partial charge in [-0.1, -0.05) is 19.8 Å². The molecule has 1 N–H and O–H groups in total. The van der Waals surface area contributed by atoms with Crippen LogP contribution in [0.3, 0.4) is 0 Å². The molecule has 0 aliphatic carbocycles. The van der Waals surface area contributed by atoms with Crippen LogP contribution in [-0.2, 0) is 4.79 Å². The molecule has 0 fully saturated rings. The molecule has 0 aromatic rings. The minimum atomic E-state index is -0.250. The third-order valence-corrected chi connectivity index (χ3v) is 1.00. The van der Waals surface area contributed by atoms with Crippen LogP contribution in [0.4, 0.5) is 0 Å². The van der Waals surface area contributed by atoms with E-state index >= 15 is 0 Å². The van der Waals surface area contributed by atoms with Gasteiger partial charge < -0.3 is 5.11 Å². The summed E-state index contributed by atoms with van der Waals surface area (Å²) in [6, 6.07) is 0. The Kier molecular flexibility index (Phi) is 20.1. The van der Waals surface area contributed by atoms with E-state index in [1.54, 1.807) is 0 Å². The van der Waals surface area contributed by atoms with Crippen molar-refractivity contribution in [2.45, 2.75) is 26.2 Å². The summed E-state index contributed by atoms with van der Waals surface area (Å²) in [5.74, 6) is 0.827. The zero-order chi connectivity index (χ0) is 7.54. The second-order valence-corrected chi connectivity index (χ2v) is 1.88. The molecule has 0 amide bonds. The SMILES string of the molecule is CCCCCCl.O=CO. The van der Waals surface area contributed by atoms with Crippen LogP contribution < -0.4 is 0 Å². The van der Waals surface area contributed by atoms with Gasteiger partial charge in [0.05, 0.1) is 0 Å². The summed E-state index contributed by atoms with van der Waals surface area (Å²) in [5, 5.41) is 6.89. The van der Waals surface area contributed by atoms with Crippen molar-refractivity contribution in [2.24, 2.45) is 0 Å². The smallest absolute Gasteiger partial charge is 0.290 e. The van der Waals surface area contributed by atoms with E-state index in [0.717, 1.165) is 5.88 Å². The van der Waals surface area contributed by atoms with Crippen LogP contribution in [0.1, 0.15) is 26.2 Å². The monoisotopic (exact) mass is 152 g/mol. The van der Waals surface area contributed by atoms with Crippen LogP contribution in [0.15, 0.2) is 0 Å². The Morgan fingerprint density at radius 3 is 2.11 bits per heavy atom. The van der Waals surface area contributed by atoms with Crippen molar-refractivity contribution in [1.82, 2.24) is 0 Å². The normalized spacial score (nSPS) is 7.33. The molecule has 0 saturated carbocycles. The van der Waals surface area contributed by atoms with Crippen LogP contribution in [0, 0.1) is 0 Å². The molecule has 0 atom stereocenters. The first-order valence-electron chi connectivity index (χ1n) is 2.97. The average Bonchev–Trinajstić information content (AvgIpc) is 1.86. The van der Waals surface area contributed by atoms with Gasteiger partial charge in [0.1, 0.15) is 0 Å². The molecule has 0 heterocycles. The van der Waals surface area contributed by atoms with Gasteiger partial charge in [-0.2, -0.15) is 0 Å². The van der Waals surface area contributed by atoms with E-state index in [1.165, 1.54) is 19.3 Å². The first kappa shape index (κ1) is 11.5. The molecule has 0 bridgehead atoms. The van der Waals surface area contributed by atoms with E-state index < -0.39 is 0 Å². The Hall–Kier alpha value is -0.240. The zero-order valence-electron chi connectivity index (χ0n) is 5.64. The van der Waals surface area contributed by atoms with Crippen molar-refractivity contribution in [3.05, 3.63) is 0 Å². The van der Waals surface area contributed by atoms with Gasteiger partial charge in [0, 0.05) is 5.88 Å².